The zero-order valence-electron chi connectivity index (χ0n) is 17.2. The Morgan fingerprint density at radius 1 is 1.38 bits per heavy atom. The predicted molar refractivity (Wildman–Crippen MR) is 117 cm³/mol. The molecule has 0 fully saturated rings. The van der Waals surface area contributed by atoms with Crippen LogP contribution in [0.15, 0.2) is 40.4 Å². The van der Waals surface area contributed by atoms with Crippen molar-refractivity contribution in [1.82, 2.24) is 9.88 Å². The Balaban J connectivity index is 2.01. The van der Waals surface area contributed by atoms with Crippen molar-refractivity contribution in [3.05, 3.63) is 57.3 Å². The molecule has 1 heterocycles. The summed E-state index contributed by atoms with van der Waals surface area (Å²) in [6.07, 6.45) is 1.63. The molecule has 0 bridgehead atoms. The maximum atomic E-state index is 12.4. The number of aryl methyl sites for hydroxylation is 1. The van der Waals surface area contributed by atoms with Crippen LogP contribution in [0.5, 0.6) is 5.75 Å². The normalized spacial score (nSPS) is 12.3. The fraction of sp³-hybridized carbons (Fsp3) is 0.364. The van der Waals surface area contributed by atoms with Gasteiger partial charge in [0.2, 0.25) is 0 Å². The van der Waals surface area contributed by atoms with Crippen LogP contribution in [-0.4, -0.2) is 37.3 Å². The lowest BCUT2D eigenvalue weighted by Gasteiger charge is -2.17. The maximum absolute atomic E-state index is 12.4. The van der Waals surface area contributed by atoms with Crippen LogP contribution >= 0.6 is 15.9 Å². The van der Waals surface area contributed by atoms with Crippen molar-refractivity contribution < 1.29 is 14.3 Å². The number of benzene rings is 1. The molecular weight excluding hydrogens is 434 g/mol. The van der Waals surface area contributed by atoms with Crippen LogP contribution in [0.1, 0.15) is 29.9 Å². The van der Waals surface area contributed by atoms with Gasteiger partial charge in [0.25, 0.3) is 5.91 Å². The van der Waals surface area contributed by atoms with Gasteiger partial charge in [-0.25, -0.2) is 0 Å². The summed E-state index contributed by atoms with van der Waals surface area (Å²) < 4.78 is 13.9. The van der Waals surface area contributed by atoms with Crippen LogP contribution < -0.4 is 10.1 Å². The summed E-state index contributed by atoms with van der Waals surface area (Å²) in [5, 5.41) is 12.2. The number of aromatic nitrogens is 1. The van der Waals surface area contributed by atoms with Gasteiger partial charge in [-0.05, 0) is 56.7 Å². The lowest BCUT2D eigenvalue weighted by atomic mass is 10.1. The highest BCUT2D eigenvalue weighted by Gasteiger charge is 2.15. The third kappa shape index (κ3) is 6.21. The number of amides is 1. The standard InChI is InChI=1S/C22H26BrN3O3/c1-15-10-18(17(3)26(15)16(2)14-28-4)11-19(13-24)22(27)25-8-9-29-21-7-5-6-20(23)12-21/h5-7,10-12,16H,8-9,14H2,1-4H3,(H,25,27)/b19-11+. The molecule has 154 valence electrons. The van der Waals surface area contributed by atoms with Gasteiger partial charge in [-0.3, -0.25) is 4.79 Å². The van der Waals surface area contributed by atoms with E-state index in [1.807, 2.05) is 50.2 Å². The van der Waals surface area contributed by atoms with Crippen LogP contribution in [-0.2, 0) is 9.53 Å². The number of carbonyl (C=O) groups is 1. The van der Waals surface area contributed by atoms with Crippen molar-refractivity contribution in [2.75, 3.05) is 26.9 Å². The number of halogens is 1. The highest BCUT2D eigenvalue weighted by molar-refractivity contribution is 9.10. The van der Waals surface area contributed by atoms with Crippen LogP contribution in [0.2, 0.25) is 0 Å². The second kappa shape index (κ2) is 10.8. The molecule has 1 aromatic heterocycles. The van der Waals surface area contributed by atoms with E-state index >= 15 is 0 Å². The van der Waals surface area contributed by atoms with E-state index in [0.29, 0.717) is 25.5 Å². The molecular formula is C22H26BrN3O3. The van der Waals surface area contributed by atoms with Crippen molar-refractivity contribution in [2.24, 2.45) is 0 Å². The first-order valence-corrected chi connectivity index (χ1v) is 10.1. The summed E-state index contributed by atoms with van der Waals surface area (Å²) >= 11 is 3.38. The van der Waals surface area contributed by atoms with E-state index in [0.717, 1.165) is 21.4 Å². The molecule has 29 heavy (non-hydrogen) atoms. The molecule has 2 aromatic rings. The second-order valence-corrected chi connectivity index (χ2v) is 7.65. The molecule has 1 N–H and O–H groups in total. The van der Waals surface area contributed by atoms with Gasteiger partial charge in [0, 0.05) is 23.0 Å². The first-order chi connectivity index (χ1) is 13.9. The lowest BCUT2D eigenvalue weighted by molar-refractivity contribution is -0.117. The average Bonchev–Trinajstić information content (AvgIpc) is 2.96. The fourth-order valence-electron chi connectivity index (χ4n) is 3.23. The van der Waals surface area contributed by atoms with Gasteiger partial charge in [-0.2, -0.15) is 5.26 Å². The van der Waals surface area contributed by atoms with Crippen LogP contribution in [0.4, 0.5) is 0 Å². The van der Waals surface area contributed by atoms with Crippen molar-refractivity contribution in [2.45, 2.75) is 26.8 Å². The largest absolute Gasteiger partial charge is 0.492 e. The van der Waals surface area contributed by atoms with E-state index in [4.69, 9.17) is 9.47 Å². The maximum Gasteiger partial charge on any atom is 0.262 e. The predicted octanol–water partition coefficient (Wildman–Crippen LogP) is 4.18. The quantitative estimate of drug-likeness (QED) is 0.346. The highest BCUT2D eigenvalue weighted by atomic mass is 79.9. The Morgan fingerprint density at radius 2 is 2.14 bits per heavy atom. The Bertz CT molecular complexity index is 928. The fourth-order valence-corrected chi connectivity index (χ4v) is 3.61. The average molecular weight is 460 g/mol. The minimum absolute atomic E-state index is 0.0621. The molecule has 0 saturated carbocycles. The Kier molecular flexibility index (Phi) is 8.50. The number of nitrogens with one attached hydrogen (secondary N) is 1. The molecule has 0 aliphatic carbocycles. The number of carbonyl (C=O) groups excluding carboxylic acids is 1. The van der Waals surface area contributed by atoms with Gasteiger partial charge in [0.15, 0.2) is 0 Å². The van der Waals surface area contributed by atoms with Crippen molar-refractivity contribution in [3.8, 4) is 11.8 Å². The molecule has 1 aromatic carbocycles. The number of hydrogen-bond donors (Lipinski definition) is 1. The summed E-state index contributed by atoms with van der Waals surface area (Å²) in [4.78, 5) is 12.4. The SMILES string of the molecule is COCC(C)n1c(C)cc(/C=C(\C#N)C(=O)NCCOc2cccc(Br)c2)c1C. The summed E-state index contributed by atoms with van der Waals surface area (Å²) in [5.41, 5.74) is 2.96. The van der Waals surface area contributed by atoms with Crippen LogP contribution in [0, 0.1) is 25.2 Å². The van der Waals surface area contributed by atoms with Gasteiger partial charge >= 0.3 is 0 Å². The minimum atomic E-state index is -0.417. The van der Waals surface area contributed by atoms with E-state index < -0.39 is 5.91 Å². The first-order valence-electron chi connectivity index (χ1n) is 9.33. The number of rotatable bonds is 9. The molecule has 1 atom stereocenters. The van der Waals surface area contributed by atoms with Gasteiger partial charge in [-0.1, -0.05) is 22.0 Å². The lowest BCUT2D eigenvalue weighted by Crippen LogP contribution is -2.29. The Morgan fingerprint density at radius 3 is 2.79 bits per heavy atom. The van der Waals surface area contributed by atoms with E-state index in [2.05, 4.69) is 32.7 Å². The Hall–Kier alpha value is -2.56. The summed E-state index contributed by atoms with van der Waals surface area (Å²) in [6, 6.07) is 11.6. The molecule has 0 spiro atoms. The first kappa shape index (κ1) is 22.7. The molecule has 0 radical (unpaired) electrons. The molecule has 1 amide bonds. The topological polar surface area (TPSA) is 76.3 Å². The number of nitrogens with zero attached hydrogens (tertiary/aromatic N) is 2. The third-order valence-corrected chi connectivity index (χ3v) is 4.98. The third-order valence-electron chi connectivity index (χ3n) is 4.49. The summed E-state index contributed by atoms with van der Waals surface area (Å²) in [6.45, 7) is 7.24. The molecule has 0 saturated heterocycles. The molecule has 1 unspecified atom stereocenters. The van der Waals surface area contributed by atoms with Gasteiger partial charge in [0.05, 0.1) is 19.2 Å². The minimum Gasteiger partial charge on any atom is -0.492 e. The number of hydrogen-bond acceptors (Lipinski definition) is 4. The van der Waals surface area contributed by atoms with Crippen LogP contribution in [0.3, 0.4) is 0 Å². The number of methoxy groups -OCH3 is 1. The zero-order valence-corrected chi connectivity index (χ0v) is 18.7. The number of ether oxygens (including phenoxy) is 2. The van der Waals surface area contributed by atoms with Crippen LogP contribution in [0.25, 0.3) is 6.08 Å². The van der Waals surface area contributed by atoms with Crippen molar-refractivity contribution in [1.29, 1.82) is 5.26 Å². The smallest absolute Gasteiger partial charge is 0.262 e. The van der Waals surface area contributed by atoms with E-state index in [1.54, 1.807) is 13.2 Å². The van der Waals surface area contributed by atoms with Crippen molar-refractivity contribution >= 4 is 27.9 Å². The highest BCUT2D eigenvalue weighted by Crippen LogP contribution is 2.23. The molecule has 0 aliphatic rings. The van der Waals surface area contributed by atoms with E-state index in [-0.39, 0.29) is 11.6 Å². The van der Waals surface area contributed by atoms with Crippen molar-refractivity contribution in [3.63, 3.8) is 0 Å². The molecule has 7 heteroatoms. The van der Waals surface area contributed by atoms with Gasteiger partial charge in [-0.15, -0.1) is 0 Å². The molecule has 6 nitrogen and oxygen atoms in total. The Labute approximate surface area is 180 Å². The van der Waals surface area contributed by atoms with E-state index in [9.17, 15) is 10.1 Å². The van der Waals surface area contributed by atoms with Gasteiger partial charge in [0.1, 0.15) is 24.0 Å². The molecule has 0 aliphatic heterocycles. The monoisotopic (exact) mass is 459 g/mol. The molecule has 2 rings (SSSR count). The van der Waals surface area contributed by atoms with Gasteiger partial charge < -0.3 is 19.4 Å². The summed E-state index contributed by atoms with van der Waals surface area (Å²) in [7, 11) is 1.67. The summed E-state index contributed by atoms with van der Waals surface area (Å²) in [5.74, 6) is 0.294. The van der Waals surface area contributed by atoms with E-state index in [1.165, 1.54) is 0 Å². The zero-order chi connectivity index (χ0) is 21.4. The second-order valence-electron chi connectivity index (χ2n) is 6.73. The number of nitriles is 1.